The minimum absolute atomic E-state index is 0.169. The molecule has 1 N–H and O–H groups in total. The fourth-order valence-electron chi connectivity index (χ4n) is 2.85. The second-order valence-electron chi connectivity index (χ2n) is 6.20. The maximum absolute atomic E-state index is 3.67. The van der Waals surface area contributed by atoms with E-state index in [4.69, 9.17) is 0 Å². The van der Waals surface area contributed by atoms with Crippen LogP contribution in [0.4, 0.5) is 5.69 Å². The van der Waals surface area contributed by atoms with Crippen LogP contribution in [0.2, 0.25) is 0 Å². The molecule has 0 heterocycles. The van der Waals surface area contributed by atoms with E-state index in [1.807, 2.05) is 0 Å². The minimum Gasteiger partial charge on any atom is -0.382 e. The van der Waals surface area contributed by atoms with Crippen LogP contribution in [0.5, 0.6) is 0 Å². The van der Waals surface area contributed by atoms with Gasteiger partial charge in [-0.15, -0.1) is 11.8 Å². The first-order valence-electron chi connectivity index (χ1n) is 7.48. The molecule has 0 radical (unpaired) electrons. The summed E-state index contributed by atoms with van der Waals surface area (Å²) in [7, 11) is 0. The smallest absolute Gasteiger partial charge is 0.0480 e. The van der Waals surface area contributed by atoms with Crippen LogP contribution in [0.15, 0.2) is 59.5 Å². The molecule has 0 fully saturated rings. The molecule has 1 atom stereocenters. The highest BCUT2D eigenvalue weighted by Crippen LogP contribution is 2.31. The summed E-state index contributed by atoms with van der Waals surface area (Å²) in [6, 6.07) is 19.7. The summed E-state index contributed by atoms with van der Waals surface area (Å²) in [5.41, 5.74) is 2.81. The molecule has 2 rings (SSSR count). The Balaban J connectivity index is 2.06. The van der Waals surface area contributed by atoms with Crippen molar-refractivity contribution in [2.75, 3.05) is 11.6 Å². The van der Waals surface area contributed by atoms with Gasteiger partial charge in [0, 0.05) is 16.6 Å². The molecule has 0 amide bonds. The molecule has 0 aliphatic rings. The summed E-state index contributed by atoms with van der Waals surface area (Å²) in [6.07, 6.45) is 3.22. The fourth-order valence-corrected chi connectivity index (χ4v) is 3.41. The standard InChI is InChI=1S/C19H25NS/c1-15(20-17-12-8-9-13-18(17)21-4)14-19(2,3)16-10-6-5-7-11-16/h5-13,15,20H,14H2,1-4H3. The first-order chi connectivity index (χ1) is 10.0. The van der Waals surface area contributed by atoms with E-state index in [-0.39, 0.29) is 5.41 Å². The van der Waals surface area contributed by atoms with Gasteiger partial charge in [0.05, 0.1) is 0 Å². The van der Waals surface area contributed by atoms with Crippen LogP contribution in [0.25, 0.3) is 0 Å². The quantitative estimate of drug-likeness (QED) is 0.699. The van der Waals surface area contributed by atoms with Crippen molar-refractivity contribution in [2.24, 2.45) is 0 Å². The lowest BCUT2D eigenvalue weighted by Crippen LogP contribution is -2.27. The van der Waals surface area contributed by atoms with E-state index in [2.05, 4.69) is 86.9 Å². The second-order valence-corrected chi connectivity index (χ2v) is 7.05. The van der Waals surface area contributed by atoms with Crippen LogP contribution in [-0.2, 0) is 5.41 Å². The molecule has 112 valence electrons. The number of benzene rings is 2. The van der Waals surface area contributed by atoms with Gasteiger partial charge in [0.2, 0.25) is 0 Å². The van der Waals surface area contributed by atoms with Gasteiger partial charge in [0.25, 0.3) is 0 Å². The van der Waals surface area contributed by atoms with Crippen LogP contribution < -0.4 is 5.32 Å². The van der Waals surface area contributed by atoms with Gasteiger partial charge in [0.15, 0.2) is 0 Å². The summed E-state index contributed by atoms with van der Waals surface area (Å²) in [5.74, 6) is 0. The number of hydrogen-bond donors (Lipinski definition) is 1. The van der Waals surface area contributed by atoms with E-state index in [0.717, 1.165) is 6.42 Å². The number of thioether (sulfide) groups is 1. The van der Waals surface area contributed by atoms with Gasteiger partial charge in [-0.1, -0.05) is 56.3 Å². The lowest BCUT2D eigenvalue weighted by Gasteiger charge is -2.30. The van der Waals surface area contributed by atoms with E-state index in [1.165, 1.54) is 16.1 Å². The molecule has 0 aromatic heterocycles. The minimum atomic E-state index is 0.169. The predicted molar refractivity (Wildman–Crippen MR) is 95.4 cm³/mol. The highest BCUT2D eigenvalue weighted by Gasteiger charge is 2.23. The van der Waals surface area contributed by atoms with Crippen LogP contribution >= 0.6 is 11.8 Å². The largest absolute Gasteiger partial charge is 0.382 e. The Morgan fingerprint density at radius 2 is 1.62 bits per heavy atom. The molecule has 0 saturated carbocycles. The maximum Gasteiger partial charge on any atom is 0.0480 e. The molecule has 2 aromatic carbocycles. The molecule has 2 heteroatoms. The zero-order valence-electron chi connectivity index (χ0n) is 13.4. The van der Waals surface area contributed by atoms with Crippen molar-refractivity contribution >= 4 is 17.4 Å². The van der Waals surface area contributed by atoms with Crippen molar-refractivity contribution in [3.63, 3.8) is 0 Å². The molecule has 0 aliphatic carbocycles. The normalized spacial score (nSPS) is 13.0. The molecule has 0 spiro atoms. The zero-order chi connectivity index (χ0) is 15.3. The predicted octanol–water partition coefficient (Wildman–Crippen LogP) is 5.58. The van der Waals surface area contributed by atoms with E-state index < -0.39 is 0 Å². The lowest BCUT2D eigenvalue weighted by molar-refractivity contribution is 0.450. The highest BCUT2D eigenvalue weighted by molar-refractivity contribution is 7.98. The van der Waals surface area contributed by atoms with Gasteiger partial charge in [0.1, 0.15) is 0 Å². The highest BCUT2D eigenvalue weighted by atomic mass is 32.2. The number of hydrogen-bond acceptors (Lipinski definition) is 2. The van der Waals surface area contributed by atoms with Crippen molar-refractivity contribution in [3.05, 3.63) is 60.2 Å². The summed E-state index contributed by atoms with van der Waals surface area (Å²) in [5, 5.41) is 3.67. The molecule has 0 aliphatic heterocycles. The summed E-state index contributed by atoms with van der Waals surface area (Å²) in [6.45, 7) is 6.91. The number of anilines is 1. The number of rotatable bonds is 6. The van der Waals surface area contributed by atoms with E-state index in [0.29, 0.717) is 6.04 Å². The fraction of sp³-hybridized carbons (Fsp3) is 0.368. The van der Waals surface area contributed by atoms with Crippen molar-refractivity contribution in [3.8, 4) is 0 Å². The summed E-state index contributed by atoms with van der Waals surface area (Å²) in [4.78, 5) is 1.31. The molecule has 2 aromatic rings. The molecule has 21 heavy (non-hydrogen) atoms. The summed E-state index contributed by atoms with van der Waals surface area (Å²) >= 11 is 1.79. The van der Waals surface area contributed by atoms with Crippen LogP contribution in [0.3, 0.4) is 0 Å². The molecule has 0 bridgehead atoms. The number of para-hydroxylation sites is 1. The van der Waals surface area contributed by atoms with Crippen molar-refractivity contribution in [1.82, 2.24) is 0 Å². The number of nitrogens with one attached hydrogen (secondary N) is 1. The SMILES string of the molecule is CSc1ccccc1NC(C)CC(C)(C)c1ccccc1. The zero-order valence-corrected chi connectivity index (χ0v) is 14.2. The topological polar surface area (TPSA) is 12.0 Å². The lowest BCUT2D eigenvalue weighted by atomic mass is 9.79. The molecule has 0 saturated heterocycles. The third kappa shape index (κ3) is 4.28. The van der Waals surface area contributed by atoms with Gasteiger partial charge in [-0.2, -0.15) is 0 Å². The third-order valence-corrected chi connectivity index (χ3v) is 4.68. The Labute approximate surface area is 133 Å². The summed E-state index contributed by atoms with van der Waals surface area (Å²) < 4.78 is 0. The van der Waals surface area contributed by atoms with Crippen molar-refractivity contribution in [2.45, 2.75) is 43.5 Å². The van der Waals surface area contributed by atoms with Crippen LogP contribution in [-0.4, -0.2) is 12.3 Å². The van der Waals surface area contributed by atoms with Gasteiger partial charge in [-0.3, -0.25) is 0 Å². The van der Waals surface area contributed by atoms with Gasteiger partial charge in [-0.05, 0) is 42.7 Å². The molecular weight excluding hydrogens is 274 g/mol. The first-order valence-corrected chi connectivity index (χ1v) is 8.70. The Morgan fingerprint density at radius 3 is 2.29 bits per heavy atom. The molecule has 1 nitrogen and oxygen atoms in total. The molecular formula is C19H25NS. The Hall–Kier alpha value is -1.41. The Morgan fingerprint density at radius 1 is 1.00 bits per heavy atom. The maximum atomic E-state index is 3.67. The molecule has 1 unspecified atom stereocenters. The van der Waals surface area contributed by atoms with E-state index in [9.17, 15) is 0 Å². The van der Waals surface area contributed by atoms with Crippen LogP contribution in [0.1, 0.15) is 32.8 Å². The van der Waals surface area contributed by atoms with Crippen molar-refractivity contribution in [1.29, 1.82) is 0 Å². The van der Waals surface area contributed by atoms with E-state index >= 15 is 0 Å². The van der Waals surface area contributed by atoms with Gasteiger partial charge in [-0.25, -0.2) is 0 Å². The Bertz CT molecular complexity index is 563. The third-order valence-electron chi connectivity index (χ3n) is 3.88. The van der Waals surface area contributed by atoms with Crippen LogP contribution in [0, 0.1) is 0 Å². The van der Waals surface area contributed by atoms with Gasteiger partial charge < -0.3 is 5.32 Å². The monoisotopic (exact) mass is 299 g/mol. The average Bonchev–Trinajstić information content (AvgIpc) is 2.48. The Kier molecular flexibility index (Phi) is 5.35. The van der Waals surface area contributed by atoms with Crippen molar-refractivity contribution < 1.29 is 0 Å². The van der Waals surface area contributed by atoms with Gasteiger partial charge >= 0.3 is 0 Å². The van der Waals surface area contributed by atoms with E-state index in [1.54, 1.807) is 11.8 Å². The first kappa shape index (κ1) is 16.0. The average molecular weight is 299 g/mol. The second kappa shape index (κ2) is 7.04.